The van der Waals surface area contributed by atoms with Gasteiger partial charge in [0.2, 0.25) is 5.54 Å². The lowest BCUT2D eigenvalue weighted by molar-refractivity contribution is -0.145. The van der Waals surface area contributed by atoms with Crippen molar-refractivity contribution in [1.82, 2.24) is 4.90 Å². The maximum Gasteiger partial charge on any atom is 0.335 e. The summed E-state index contributed by atoms with van der Waals surface area (Å²) in [6, 6.07) is 0. The molecule has 0 aromatic heterocycles. The van der Waals surface area contributed by atoms with Crippen LogP contribution < -0.4 is 0 Å². The third-order valence-electron chi connectivity index (χ3n) is 2.73. The summed E-state index contributed by atoms with van der Waals surface area (Å²) in [5.41, 5.74) is -0.914. The minimum absolute atomic E-state index is 0.337. The van der Waals surface area contributed by atoms with E-state index >= 15 is 0 Å². The second-order valence-electron chi connectivity index (χ2n) is 3.51. The van der Waals surface area contributed by atoms with Gasteiger partial charge in [0.15, 0.2) is 0 Å². The summed E-state index contributed by atoms with van der Waals surface area (Å²) in [5.74, 6) is -0.848. The lowest BCUT2D eigenvalue weighted by Gasteiger charge is -2.30. The highest BCUT2D eigenvalue weighted by Crippen LogP contribution is 2.25. The number of azo groups is 1. The van der Waals surface area contributed by atoms with Gasteiger partial charge in [-0.15, -0.1) is 0 Å². The van der Waals surface area contributed by atoms with E-state index in [0.717, 1.165) is 19.6 Å². The normalized spacial score (nSPS) is 25.1. The fourth-order valence-corrected chi connectivity index (χ4v) is 1.47. The minimum Gasteiger partial charge on any atom is -0.479 e. The third kappa shape index (κ3) is 2.09. The molecule has 1 atom stereocenters. The van der Waals surface area contributed by atoms with Gasteiger partial charge in [-0.2, -0.15) is 10.2 Å². The Balaban J connectivity index is 2.43. The van der Waals surface area contributed by atoms with Gasteiger partial charge in [0.1, 0.15) is 0 Å². The molecule has 0 amide bonds. The molecule has 1 heterocycles. The molecule has 0 aliphatic carbocycles. The number of nitrogens with zero attached hydrogens (tertiary/aromatic N) is 3. The summed E-state index contributed by atoms with van der Waals surface area (Å²) >= 11 is 0. The molecule has 14 heavy (non-hydrogen) atoms. The van der Waals surface area contributed by atoms with Crippen LogP contribution in [0.1, 0.15) is 20.3 Å². The van der Waals surface area contributed by atoms with Gasteiger partial charge in [0.05, 0.1) is 6.54 Å². The Morgan fingerprint density at radius 1 is 1.50 bits per heavy atom. The first-order valence-corrected chi connectivity index (χ1v) is 4.99. The van der Waals surface area contributed by atoms with Crippen molar-refractivity contribution in [3.05, 3.63) is 0 Å². The smallest absolute Gasteiger partial charge is 0.335 e. The van der Waals surface area contributed by atoms with Crippen molar-refractivity contribution in [3.8, 4) is 0 Å². The Morgan fingerprint density at radius 2 is 2.07 bits per heavy atom. The van der Waals surface area contributed by atoms with Gasteiger partial charge in [-0.3, -0.25) is 0 Å². The standard InChI is InChI=1S/C9H17N3O2/c1-3-12(4-2)6-5-9(8(13)14)7-10-11-9/h3-7H2,1-2H3,(H,13,14). The molecular weight excluding hydrogens is 182 g/mol. The molecule has 1 N–H and O–H groups in total. The molecule has 5 nitrogen and oxygen atoms in total. The van der Waals surface area contributed by atoms with Crippen LogP contribution in [0.5, 0.6) is 0 Å². The van der Waals surface area contributed by atoms with Crippen LogP contribution in [0.25, 0.3) is 0 Å². The number of hydrogen-bond acceptors (Lipinski definition) is 4. The highest BCUT2D eigenvalue weighted by Gasteiger charge is 2.43. The zero-order valence-electron chi connectivity index (χ0n) is 8.73. The van der Waals surface area contributed by atoms with Crippen LogP contribution in [-0.4, -0.2) is 47.7 Å². The number of aliphatic carboxylic acids is 1. The second-order valence-corrected chi connectivity index (χ2v) is 3.51. The van der Waals surface area contributed by atoms with Gasteiger partial charge < -0.3 is 10.0 Å². The molecule has 1 rings (SSSR count). The molecule has 0 radical (unpaired) electrons. The SMILES string of the molecule is CCN(CC)CCC1(C(=O)O)CN=N1. The zero-order chi connectivity index (χ0) is 10.6. The van der Waals surface area contributed by atoms with E-state index in [-0.39, 0.29) is 0 Å². The van der Waals surface area contributed by atoms with Gasteiger partial charge >= 0.3 is 5.97 Å². The predicted octanol–water partition coefficient (Wildman–Crippen LogP) is 1.01. The lowest BCUT2D eigenvalue weighted by atomic mass is 9.94. The van der Waals surface area contributed by atoms with Crippen molar-refractivity contribution in [2.45, 2.75) is 25.8 Å². The predicted molar refractivity (Wildman–Crippen MR) is 52.5 cm³/mol. The Bertz CT molecular complexity index is 238. The highest BCUT2D eigenvalue weighted by molar-refractivity contribution is 5.80. The van der Waals surface area contributed by atoms with Crippen LogP contribution in [0.2, 0.25) is 0 Å². The first-order valence-electron chi connectivity index (χ1n) is 4.99. The molecule has 0 bridgehead atoms. The monoisotopic (exact) mass is 199 g/mol. The Labute approximate surface area is 83.8 Å². The van der Waals surface area contributed by atoms with Gasteiger partial charge in [-0.25, -0.2) is 4.79 Å². The van der Waals surface area contributed by atoms with Gasteiger partial charge in [-0.1, -0.05) is 13.8 Å². The van der Waals surface area contributed by atoms with E-state index in [0.29, 0.717) is 13.0 Å². The quantitative estimate of drug-likeness (QED) is 0.694. The summed E-state index contributed by atoms with van der Waals surface area (Å²) in [6.45, 7) is 7.15. The fourth-order valence-electron chi connectivity index (χ4n) is 1.47. The number of hydrogen-bond donors (Lipinski definition) is 1. The maximum absolute atomic E-state index is 10.9. The van der Waals surface area contributed by atoms with Crippen molar-refractivity contribution >= 4 is 5.97 Å². The molecule has 0 saturated heterocycles. The Kier molecular flexibility index (Phi) is 3.57. The number of carbonyl (C=O) groups is 1. The Hall–Kier alpha value is -0.970. The van der Waals surface area contributed by atoms with Crippen molar-refractivity contribution < 1.29 is 9.90 Å². The van der Waals surface area contributed by atoms with E-state index in [1.54, 1.807) is 0 Å². The molecule has 0 aromatic rings. The van der Waals surface area contributed by atoms with Gasteiger partial charge in [0, 0.05) is 6.54 Å². The summed E-state index contributed by atoms with van der Waals surface area (Å²) in [5, 5.41) is 16.4. The molecule has 1 aliphatic heterocycles. The molecular formula is C9H17N3O2. The fraction of sp³-hybridized carbons (Fsp3) is 0.889. The molecule has 1 unspecified atom stereocenters. The van der Waals surface area contributed by atoms with Crippen molar-refractivity contribution in [1.29, 1.82) is 0 Å². The average Bonchev–Trinajstić information content (AvgIpc) is 2.09. The molecule has 0 saturated carbocycles. The van der Waals surface area contributed by atoms with Crippen molar-refractivity contribution in [2.75, 3.05) is 26.2 Å². The van der Waals surface area contributed by atoms with Gasteiger partial charge in [-0.05, 0) is 19.5 Å². The largest absolute Gasteiger partial charge is 0.479 e. The zero-order valence-corrected chi connectivity index (χ0v) is 8.73. The molecule has 0 fully saturated rings. The van der Waals surface area contributed by atoms with E-state index in [1.807, 2.05) is 0 Å². The summed E-state index contributed by atoms with van der Waals surface area (Å²) in [7, 11) is 0. The molecule has 80 valence electrons. The minimum atomic E-state index is -0.914. The van der Waals surface area contributed by atoms with Crippen molar-refractivity contribution in [2.24, 2.45) is 10.2 Å². The van der Waals surface area contributed by atoms with Crippen LogP contribution in [-0.2, 0) is 4.79 Å². The van der Waals surface area contributed by atoms with Crippen LogP contribution in [0.4, 0.5) is 0 Å². The summed E-state index contributed by atoms with van der Waals surface area (Å²) in [4.78, 5) is 13.1. The first kappa shape index (κ1) is 11.1. The van der Waals surface area contributed by atoms with E-state index in [9.17, 15) is 4.79 Å². The second kappa shape index (κ2) is 4.50. The van der Waals surface area contributed by atoms with Crippen LogP contribution in [0, 0.1) is 0 Å². The summed E-state index contributed by atoms with van der Waals surface area (Å²) in [6.07, 6.45) is 0.563. The van der Waals surface area contributed by atoms with Crippen LogP contribution in [0.3, 0.4) is 0 Å². The topological polar surface area (TPSA) is 65.3 Å². The molecule has 0 spiro atoms. The third-order valence-corrected chi connectivity index (χ3v) is 2.73. The van der Waals surface area contributed by atoms with Crippen molar-refractivity contribution in [3.63, 3.8) is 0 Å². The molecule has 1 aliphatic rings. The van der Waals surface area contributed by atoms with E-state index in [2.05, 4.69) is 29.0 Å². The maximum atomic E-state index is 10.9. The van der Waals surface area contributed by atoms with E-state index < -0.39 is 11.5 Å². The number of carboxylic acid groups (broad SMARTS) is 1. The molecule has 5 heteroatoms. The number of rotatable bonds is 6. The molecule has 0 aromatic carbocycles. The van der Waals surface area contributed by atoms with E-state index in [1.165, 1.54) is 0 Å². The van der Waals surface area contributed by atoms with Crippen LogP contribution in [0.15, 0.2) is 10.2 Å². The van der Waals surface area contributed by atoms with Crippen LogP contribution >= 0.6 is 0 Å². The first-order chi connectivity index (χ1) is 6.64. The lowest BCUT2D eigenvalue weighted by Crippen LogP contribution is -2.47. The van der Waals surface area contributed by atoms with E-state index in [4.69, 9.17) is 5.11 Å². The average molecular weight is 199 g/mol. The highest BCUT2D eigenvalue weighted by atomic mass is 16.4. The summed E-state index contributed by atoms with van der Waals surface area (Å²) < 4.78 is 0. The van der Waals surface area contributed by atoms with Gasteiger partial charge in [0.25, 0.3) is 0 Å². The Morgan fingerprint density at radius 3 is 2.36 bits per heavy atom. The number of carboxylic acids is 1.